The highest BCUT2D eigenvalue weighted by Gasteiger charge is 2.11. The lowest BCUT2D eigenvalue weighted by atomic mass is 10.2. The van der Waals surface area contributed by atoms with Crippen LogP contribution in [-0.2, 0) is 4.79 Å². The minimum absolute atomic E-state index is 0.137. The van der Waals surface area contributed by atoms with E-state index in [1.807, 2.05) is 24.3 Å². The molecular weight excluding hydrogens is 380 g/mol. The van der Waals surface area contributed by atoms with Crippen LogP contribution in [0.2, 0.25) is 0 Å². The molecule has 3 rings (SSSR count). The smallest absolute Gasteiger partial charge is 0.283 e. The molecule has 0 atom stereocenters. The van der Waals surface area contributed by atoms with Crippen molar-refractivity contribution in [3.63, 3.8) is 0 Å². The van der Waals surface area contributed by atoms with E-state index in [1.54, 1.807) is 18.3 Å². The number of hydrogen-bond acceptors (Lipinski definition) is 6. The number of rotatable bonds is 4. The van der Waals surface area contributed by atoms with Crippen LogP contribution < -0.4 is 5.32 Å². The quantitative estimate of drug-likeness (QED) is 0.724. The molecule has 0 aliphatic rings. The molecule has 0 aliphatic heterocycles. The van der Waals surface area contributed by atoms with Gasteiger partial charge in [0.25, 0.3) is 5.22 Å². The largest absolute Gasteiger partial charge is 0.411 e. The van der Waals surface area contributed by atoms with Crippen LogP contribution in [-0.4, -0.2) is 21.1 Å². The minimum atomic E-state index is -0.137. The normalized spacial score (nSPS) is 10.5. The van der Waals surface area contributed by atoms with Crippen molar-refractivity contribution in [1.82, 2.24) is 15.2 Å². The standard InChI is InChI=1S/C15H11BrN4O2S/c1-9(21)18-12-6-7-17-13(8-12)23-15-20-19-14(22-15)10-2-4-11(16)5-3-10/h2-8H,1H3,(H,17,18,21). The molecule has 2 heterocycles. The molecule has 1 aromatic carbocycles. The Kier molecular flexibility index (Phi) is 4.73. The maximum atomic E-state index is 11.1. The van der Waals surface area contributed by atoms with Crippen molar-refractivity contribution in [1.29, 1.82) is 0 Å². The van der Waals surface area contributed by atoms with Gasteiger partial charge in [-0.2, -0.15) is 0 Å². The fourth-order valence-electron chi connectivity index (χ4n) is 1.80. The molecule has 8 heteroatoms. The third-order valence-corrected chi connectivity index (χ3v) is 4.05. The molecule has 1 amide bonds. The van der Waals surface area contributed by atoms with E-state index in [4.69, 9.17) is 4.42 Å². The second-order valence-corrected chi connectivity index (χ2v) is 6.43. The second kappa shape index (κ2) is 6.93. The summed E-state index contributed by atoms with van der Waals surface area (Å²) < 4.78 is 6.61. The molecule has 0 aliphatic carbocycles. The monoisotopic (exact) mass is 390 g/mol. The third kappa shape index (κ3) is 4.17. The van der Waals surface area contributed by atoms with Gasteiger partial charge >= 0.3 is 0 Å². The number of halogens is 1. The summed E-state index contributed by atoms with van der Waals surface area (Å²) in [6.45, 7) is 1.45. The molecule has 2 aromatic heterocycles. The van der Waals surface area contributed by atoms with E-state index < -0.39 is 0 Å². The summed E-state index contributed by atoms with van der Waals surface area (Å²) in [7, 11) is 0. The van der Waals surface area contributed by atoms with Crippen molar-refractivity contribution in [3.05, 3.63) is 47.1 Å². The fourth-order valence-corrected chi connectivity index (χ4v) is 2.74. The number of anilines is 1. The number of carbonyl (C=O) groups is 1. The minimum Gasteiger partial charge on any atom is -0.411 e. The fraction of sp³-hybridized carbons (Fsp3) is 0.0667. The maximum absolute atomic E-state index is 11.1. The van der Waals surface area contributed by atoms with E-state index in [-0.39, 0.29) is 5.91 Å². The van der Waals surface area contributed by atoms with Crippen LogP contribution >= 0.6 is 27.7 Å². The molecule has 3 aromatic rings. The van der Waals surface area contributed by atoms with E-state index in [0.29, 0.717) is 21.8 Å². The van der Waals surface area contributed by atoms with E-state index in [1.165, 1.54) is 18.7 Å². The van der Waals surface area contributed by atoms with Crippen LogP contribution in [0, 0.1) is 0 Å². The summed E-state index contributed by atoms with van der Waals surface area (Å²) in [5.74, 6) is 0.306. The Labute approximate surface area is 144 Å². The number of nitrogens with zero attached hydrogens (tertiary/aromatic N) is 3. The van der Waals surface area contributed by atoms with Crippen molar-refractivity contribution >= 4 is 39.3 Å². The first-order valence-corrected chi connectivity index (χ1v) is 8.22. The summed E-state index contributed by atoms with van der Waals surface area (Å²) in [5.41, 5.74) is 1.51. The first kappa shape index (κ1) is 15.7. The van der Waals surface area contributed by atoms with Crippen molar-refractivity contribution in [2.75, 3.05) is 5.32 Å². The first-order valence-electron chi connectivity index (χ1n) is 6.61. The Morgan fingerprint density at radius 2 is 2.00 bits per heavy atom. The van der Waals surface area contributed by atoms with Gasteiger partial charge in [0.2, 0.25) is 11.8 Å². The molecule has 23 heavy (non-hydrogen) atoms. The Balaban J connectivity index is 1.76. The molecule has 0 fully saturated rings. The van der Waals surface area contributed by atoms with Crippen molar-refractivity contribution in [3.8, 4) is 11.5 Å². The molecule has 116 valence electrons. The zero-order chi connectivity index (χ0) is 16.2. The molecule has 1 N–H and O–H groups in total. The van der Waals surface area contributed by atoms with Crippen LogP contribution in [0.4, 0.5) is 5.69 Å². The van der Waals surface area contributed by atoms with E-state index in [0.717, 1.165) is 10.0 Å². The Morgan fingerprint density at radius 3 is 2.74 bits per heavy atom. The number of amides is 1. The van der Waals surface area contributed by atoms with Crippen LogP contribution in [0.3, 0.4) is 0 Å². The lowest BCUT2D eigenvalue weighted by Crippen LogP contribution is -2.05. The van der Waals surface area contributed by atoms with Gasteiger partial charge in [0, 0.05) is 28.8 Å². The van der Waals surface area contributed by atoms with Crippen LogP contribution in [0.25, 0.3) is 11.5 Å². The van der Waals surface area contributed by atoms with E-state index in [9.17, 15) is 4.79 Å². The van der Waals surface area contributed by atoms with Gasteiger partial charge in [-0.1, -0.05) is 15.9 Å². The van der Waals surface area contributed by atoms with Crippen molar-refractivity contribution in [2.45, 2.75) is 17.2 Å². The molecule has 6 nitrogen and oxygen atoms in total. The van der Waals surface area contributed by atoms with Gasteiger partial charge in [-0.3, -0.25) is 4.79 Å². The molecule has 0 saturated carbocycles. The van der Waals surface area contributed by atoms with Gasteiger partial charge in [0.05, 0.1) is 0 Å². The molecule has 0 unspecified atom stereocenters. The SMILES string of the molecule is CC(=O)Nc1ccnc(Sc2nnc(-c3ccc(Br)cc3)o2)c1. The van der Waals surface area contributed by atoms with Crippen LogP contribution in [0.15, 0.2) is 61.7 Å². The van der Waals surface area contributed by atoms with Crippen LogP contribution in [0.5, 0.6) is 0 Å². The summed E-state index contributed by atoms with van der Waals surface area (Å²) >= 11 is 4.62. The zero-order valence-electron chi connectivity index (χ0n) is 12.0. The van der Waals surface area contributed by atoms with Gasteiger partial charge in [-0.25, -0.2) is 4.98 Å². The number of carbonyl (C=O) groups excluding carboxylic acids is 1. The highest BCUT2D eigenvalue weighted by atomic mass is 79.9. The Hall–Kier alpha value is -2.19. The first-order chi connectivity index (χ1) is 11.1. The number of aromatic nitrogens is 3. The second-order valence-electron chi connectivity index (χ2n) is 4.55. The van der Waals surface area contributed by atoms with Gasteiger partial charge in [-0.05, 0) is 48.2 Å². The average Bonchev–Trinajstić information content (AvgIpc) is 2.96. The predicted octanol–water partition coefficient (Wildman–Crippen LogP) is 4.00. The highest BCUT2D eigenvalue weighted by Crippen LogP contribution is 2.29. The van der Waals surface area contributed by atoms with E-state index in [2.05, 4.69) is 36.4 Å². The number of nitrogens with one attached hydrogen (secondary N) is 1. The lowest BCUT2D eigenvalue weighted by Gasteiger charge is -2.02. The summed E-state index contributed by atoms with van der Waals surface area (Å²) in [4.78, 5) is 15.3. The highest BCUT2D eigenvalue weighted by molar-refractivity contribution is 9.10. The van der Waals surface area contributed by atoms with Gasteiger partial charge in [0.15, 0.2) is 0 Å². The predicted molar refractivity (Wildman–Crippen MR) is 90.1 cm³/mol. The number of benzene rings is 1. The Bertz CT molecular complexity index is 836. The summed E-state index contributed by atoms with van der Waals surface area (Å²) in [6.07, 6.45) is 1.61. The molecule has 0 radical (unpaired) electrons. The number of pyridine rings is 1. The third-order valence-electron chi connectivity index (χ3n) is 2.74. The average molecular weight is 391 g/mol. The molecule has 0 spiro atoms. The van der Waals surface area contributed by atoms with Gasteiger partial charge in [0.1, 0.15) is 5.03 Å². The molecule has 0 bridgehead atoms. The van der Waals surface area contributed by atoms with Gasteiger partial charge < -0.3 is 9.73 Å². The maximum Gasteiger partial charge on any atom is 0.283 e. The summed E-state index contributed by atoms with van der Waals surface area (Å²) in [6, 6.07) is 11.1. The molecule has 0 saturated heterocycles. The lowest BCUT2D eigenvalue weighted by molar-refractivity contribution is -0.114. The van der Waals surface area contributed by atoms with Crippen LogP contribution in [0.1, 0.15) is 6.92 Å². The molecular formula is C15H11BrN4O2S. The van der Waals surface area contributed by atoms with Crippen molar-refractivity contribution < 1.29 is 9.21 Å². The Morgan fingerprint density at radius 1 is 1.22 bits per heavy atom. The summed E-state index contributed by atoms with van der Waals surface area (Å²) in [5, 5.41) is 11.8. The number of hydrogen-bond donors (Lipinski definition) is 1. The van der Waals surface area contributed by atoms with E-state index >= 15 is 0 Å². The van der Waals surface area contributed by atoms with Crippen molar-refractivity contribution in [2.24, 2.45) is 0 Å². The topological polar surface area (TPSA) is 80.9 Å². The zero-order valence-corrected chi connectivity index (χ0v) is 14.4. The van der Waals surface area contributed by atoms with Gasteiger partial charge in [-0.15, -0.1) is 10.2 Å².